The highest BCUT2D eigenvalue weighted by Crippen LogP contribution is 2.15. The van der Waals surface area contributed by atoms with E-state index in [1.165, 1.54) is 36.6 Å². The van der Waals surface area contributed by atoms with E-state index in [1.54, 1.807) is 6.07 Å². The summed E-state index contributed by atoms with van der Waals surface area (Å²) < 4.78 is 20.1. The van der Waals surface area contributed by atoms with Crippen molar-refractivity contribution >= 4 is 11.9 Å². The first kappa shape index (κ1) is 15.8. The van der Waals surface area contributed by atoms with Crippen molar-refractivity contribution in [3.05, 3.63) is 54.0 Å². The Labute approximate surface area is 127 Å². The third kappa shape index (κ3) is 4.46. The second kappa shape index (κ2) is 7.99. The molecule has 0 saturated heterocycles. The van der Waals surface area contributed by atoms with Crippen molar-refractivity contribution in [1.82, 2.24) is 0 Å². The monoisotopic (exact) mass is 304 g/mol. The van der Waals surface area contributed by atoms with Crippen LogP contribution < -0.4 is 4.74 Å². The molecular formula is C16H16O6. The smallest absolute Gasteiger partial charge is 0.379 e. The van der Waals surface area contributed by atoms with Crippen molar-refractivity contribution in [2.24, 2.45) is 0 Å². The lowest BCUT2D eigenvalue weighted by atomic mass is 10.2. The molecule has 0 radical (unpaired) electrons. The minimum Gasteiger partial charge on any atom is -0.460 e. The van der Waals surface area contributed by atoms with Gasteiger partial charge in [-0.3, -0.25) is 0 Å². The predicted octanol–water partition coefficient (Wildman–Crippen LogP) is 2.69. The van der Waals surface area contributed by atoms with Crippen molar-refractivity contribution in [3.8, 4) is 5.75 Å². The topological polar surface area (TPSA) is 75.0 Å². The molecule has 22 heavy (non-hydrogen) atoms. The fraction of sp³-hybridized carbons (Fsp3) is 0.250. The van der Waals surface area contributed by atoms with Gasteiger partial charge in [0.2, 0.25) is 5.76 Å². The van der Waals surface area contributed by atoms with Crippen molar-refractivity contribution in [1.29, 1.82) is 0 Å². The Morgan fingerprint density at radius 1 is 1.05 bits per heavy atom. The maximum Gasteiger partial charge on any atom is 0.379 e. The average molecular weight is 304 g/mol. The molecule has 0 aliphatic heterocycles. The van der Waals surface area contributed by atoms with Crippen LogP contribution in [0.2, 0.25) is 0 Å². The Kier molecular flexibility index (Phi) is 5.73. The predicted molar refractivity (Wildman–Crippen MR) is 76.9 cm³/mol. The van der Waals surface area contributed by atoms with Crippen LogP contribution in [0.3, 0.4) is 0 Å². The first-order valence-electron chi connectivity index (χ1n) is 6.81. The SMILES string of the molecule is CCOCCOC(=O)c1ccc(OC(=O)c2ccco2)cc1. The van der Waals surface area contributed by atoms with Gasteiger partial charge in [0, 0.05) is 6.61 Å². The van der Waals surface area contributed by atoms with Crippen LogP contribution in [0.5, 0.6) is 5.75 Å². The summed E-state index contributed by atoms with van der Waals surface area (Å²) in [4.78, 5) is 23.4. The van der Waals surface area contributed by atoms with Crippen molar-refractivity contribution < 1.29 is 28.2 Å². The molecular weight excluding hydrogens is 288 g/mol. The number of ether oxygens (including phenoxy) is 3. The molecule has 2 rings (SSSR count). The van der Waals surface area contributed by atoms with Gasteiger partial charge in [0.05, 0.1) is 18.4 Å². The Morgan fingerprint density at radius 3 is 2.45 bits per heavy atom. The summed E-state index contributed by atoms with van der Waals surface area (Å²) in [6.45, 7) is 3.00. The maximum atomic E-state index is 11.7. The molecule has 116 valence electrons. The van der Waals surface area contributed by atoms with Gasteiger partial charge in [0.15, 0.2) is 0 Å². The standard InChI is InChI=1S/C16H16O6/c1-2-19-10-11-21-15(17)12-5-7-13(8-6-12)22-16(18)14-4-3-9-20-14/h3-9H,2,10-11H2,1H3. The number of hydrogen-bond donors (Lipinski definition) is 0. The van der Waals surface area contributed by atoms with Gasteiger partial charge in [0.25, 0.3) is 0 Å². The van der Waals surface area contributed by atoms with Crippen molar-refractivity contribution in [3.63, 3.8) is 0 Å². The Bertz CT molecular complexity index is 600. The lowest BCUT2D eigenvalue weighted by Crippen LogP contribution is -2.11. The van der Waals surface area contributed by atoms with Gasteiger partial charge >= 0.3 is 11.9 Å². The first-order chi connectivity index (χ1) is 10.7. The molecule has 0 amide bonds. The summed E-state index contributed by atoms with van der Waals surface area (Å²) in [6.07, 6.45) is 1.39. The molecule has 0 aliphatic carbocycles. The van der Waals surface area contributed by atoms with E-state index >= 15 is 0 Å². The van der Waals surface area contributed by atoms with E-state index in [1.807, 2.05) is 6.92 Å². The third-order valence-corrected chi connectivity index (χ3v) is 2.69. The zero-order valence-electron chi connectivity index (χ0n) is 12.1. The summed E-state index contributed by atoms with van der Waals surface area (Å²) in [5.41, 5.74) is 0.370. The summed E-state index contributed by atoms with van der Waals surface area (Å²) in [5, 5.41) is 0. The Balaban J connectivity index is 1.87. The van der Waals surface area contributed by atoms with E-state index in [9.17, 15) is 9.59 Å². The van der Waals surface area contributed by atoms with Gasteiger partial charge in [-0.15, -0.1) is 0 Å². The van der Waals surface area contributed by atoms with Crippen LogP contribution in [0.1, 0.15) is 27.8 Å². The van der Waals surface area contributed by atoms with Crippen molar-refractivity contribution in [2.45, 2.75) is 6.92 Å². The molecule has 2 aromatic rings. The molecule has 0 fully saturated rings. The lowest BCUT2D eigenvalue weighted by Gasteiger charge is -2.06. The molecule has 0 unspecified atom stereocenters. The molecule has 0 saturated carbocycles. The normalized spacial score (nSPS) is 10.2. The number of furan rings is 1. The Hall–Kier alpha value is -2.60. The van der Waals surface area contributed by atoms with Crippen LogP contribution in [0, 0.1) is 0 Å². The lowest BCUT2D eigenvalue weighted by molar-refractivity contribution is 0.0335. The number of hydrogen-bond acceptors (Lipinski definition) is 6. The maximum absolute atomic E-state index is 11.7. The van der Waals surface area contributed by atoms with Crippen LogP contribution >= 0.6 is 0 Å². The third-order valence-electron chi connectivity index (χ3n) is 2.69. The fourth-order valence-corrected chi connectivity index (χ4v) is 1.63. The van der Waals surface area contributed by atoms with Gasteiger partial charge in [-0.1, -0.05) is 0 Å². The zero-order valence-corrected chi connectivity index (χ0v) is 12.1. The van der Waals surface area contributed by atoms with Crippen molar-refractivity contribution in [2.75, 3.05) is 19.8 Å². The van der Waals surface area contributed by atoms with Crippen LogP contribution in [0.25, 0.3) is 0 Å². The molecule has 1 heterocycles. The second-order valence-electron chi connectivity index (χ2n) is 4.22. The molecule has 1 aromatic heterocycles. The van der Waals surface area contributed by atoms with E-state index in [-0.39, 0.29) is 12.4 Å². The molecule has 0 aliphatic rings. The van der Waals surface area contributed by atoms with E-state index in [2.05, 4.69) is 0 Å². The van der Waals surface area contributed by atoms with E-state index in [4.69, 9.17) is 18.6 Å². The van der Waals surface area contributed by atoms with Crippen LogP contribution in [-0.2, 0) is 9.47 Å². The van der Waals surface area contributed by atoms with Gasteiger partial charge in [-0.2, -0.15) is 0 Å². The van der Waals surface area contributed by atoms with E-state index < -0.39 is 11.9 Å². The molecule has 6 nitrogen and oxygen atoms in total. The number of rotatable bonds is 7. The van der Waals surface area contributed by atoms with Crippen LogP contribution in [0.15, 0.2) is 47.1 Å². The minimum absolute atomic E-state index is 0.111. The summed E-state index contributed by atoms with van der Waals surface area (Å²) in [7, 11) is 0. The summed E-state index contributed by atoms with van der Waals surface area (Å²) in [5.74, 6) is -0.632. The highest BCUT2D eigenvalue weighted by atomic mass is 16.6. The molecule has 0 bridgehead atoms. The van der Waals surface area contributed by atoms with Gasteiger partial charge in [-0.05, 0) is 43.3 Å². The molecule has 1 aromatic carbocycles. The molecule has 0 atom stereocenters. The highest BCUT2D eigenvalue weighted by Gasteiger charge is 2.12. The van der Waals surface area contributed by atoms with Crippen LogP contribution in [0.4, 0.5) is 0 Å². The minimum atomic E-state index is -0.600. The number of carbonyl (C=O) groups is 2. The molecule has 0 spiro atoms. The Morgan fingerprint density at radius 2 is 1.82 bits per heavy atom. The largest absolute Gasteiger partial charge is 0.460 e. The zero-order chi connectivity index (χ0) is 15.8. The quantitative estimate of drug-likeness (QED) is 0.445. The molecule has 6 heteroatoms. The second-order valence-corrected chi connectivity index (χ2v) is 4.22. The number of esters is 2. The van der Waals surface area contributed by atoms with Crippen LogP contribution in [-0.4, -0.2) is 31.8 Å². The van der Waals surface area contributed by atoms with E-state index in [0.29, 0.717) is 24.5 Å². The average Bonchev–Trinajstić information content (AvgIpc) is 3.06. The molecule has 0 N–H and O–H groups in total. The van der Waals surface area contributed by atoms with Gasteiger partial charge in [-0.25, -0.2) is 9.59 Å². The van der Waals surface area contributed by atoms with Gasteiger partial charge < -0.3 is 18.6 Å². The van der Waals surface area contributed by atoms with E-state index in [0.717, 1.165) is 0 Å². The number of benzene rings is 1. The number of carbonyl (C=O) groups excluding carboxylic acids is 2. The summed E-state index contributed by atoms with van der Waals surface area (Å²) in [6, 6.07) is 9.17. The first-order valence-corrected chi connectivity index (χ1v) is 6.81. The summed E-state index contributed by atoms with van der Waals surface area (Å²) >= 11 is 0. The highest BCUT2D eigenvalue weighted by molar-refractivity contribution is 5.90. The fourth-order valence-electron chi connectivity index (χ4n) is 1.63. The van der Waals surface area contributed by atoms with Gasteiger partial charge in [0.1, 0.15) is 12.4 Å².